The molecule has 1 aromatic rings. The Bertz CT molecular complexity index is 440. The molecular weight excluding hydrogens is 212 g/mol. The molecular formula is C14H20N2O. The van der Waals surface area contributed by atoms with Gasteiger partial charge in [0.1, 0.15) is 0 Å². The van der Waals surface area contributed by atoms with Crippen LogP contribution in [0.5, 0.6) is 0 Å². The summed E-state index contributed by atoms with van der Waals surface area (Å²) in [7, 11) is 0. The molecule has 1 amide bonds. The fourth-order valence-corrected chi connectivity index (χ4v) is 2.64. The molecule has 0 unspecified atom stereocenters. The summed E-state index contributed by atoms with van der Waals surface area (Å²) in [5.74, 6) is -0.237. The van der Waals surface area contributed by atoms with Crippen LogP contribution >= 0.6 is 0 Å². The fraction of sp³-hybridized carbons (Fsp3) is 0.500. The SMILES string of the molecule is C[C@@H]1N(CCC(N)=O)c2ccccc2C1(C)C. The Balaban J connectivity index is 2.32. The Morgan fingerprint density at radius 2 is 2.06 bits per heavy atom. The largest absolute Gasteiger partial charge is 0.370 e. The number of nitrogens with two attached hydrogens (primary N) is 1. The molecule has 0 aromatic heterocycles. The quantitative estimate of drug-likeness (QED) is 0.867. The van der Waals surface area contributed by atoms with Gasteiger partial charge in [-0.25, -0.2) is 0 Å². The molecule has 0 fully saturated rings. The molecule has 2 rings (SSSR count). The molecule has 1 aromatic carbocycles. The number of nitrogens with zero attached hydrogens (tertiary/aromatic N) is 1. The summed E-state index contributed by atoms with van der Waals surface area (Å²) in [6.07, 6.45) is 0.411. The number of rotatable bonds is 3. The number of fused-ring (bicyclic) bond motifs is 1. The summed E-state index contributed by atoms with van der Waals surface area (Å²) in [6, 6.07) is 8.81. The van der Waals surface area contributed by atoms with Crippen LogP contribution < -0.4 is 10.6 Å². The molecule has 1 aliphatic heterocycles. The summed E-state index contributed by atoms with van der Waals surface area (Å²) in [6.45, 7) is 7.42. The molecule has 3 nitrogen and oxygen atoms in total. The number of benzene rings is 1. The molecule has 0 spiro atoms. The van der Waals surface area contributed by atoms with Gasteiger partial charge in [0.05, 0.1) is 0 Å². The molecule has 92 valence electrons. The van der Waals surface area contributed by atoms with E-state index in [2.05, 4.69) is 43.9 Å². The minimum absolute atomic E-state index is 0.119. The molecule has 17 heavy (non-hydrogen) atoms. The van der Waals surface area contributed by atoms with E-state index < -0.39 is 0 Å². The van der Waals surface area contributed by atoms with Gasteiger partial charge in [-0.05, 0) is 18.6 Å². The highest BCUT2D eigenvalue weighted by Gasteiger charge is 2.41. The molecule has 3 heteroatoms. The molecule has 1 atom stereocenters. The van der Waals surface area contributed by atoms with E-state index in [1.807, 2.05) is 6.07 Å². The lowest BCUT2D eigenvalue weighted by Crippen LogP contribution is -2.40. The second-order valence-corrected chi connectivity index (χ2v) is 5.32. The van der Waals surface area contributed by atoms with Crippen LogP contribution in [0.4, 0.5) is 5.69 Å². The minimum atomic E-state index is -0.237. The van der Waals surface area contributed by atoms with E-state index >= 15 is 0 Å². The van der Waals surface area contributed by atoms with Gasteiger partial charge in [0.15, 0.2) is 0 Å². The Kier molecular flexibility index (Phi) is 2.86. The zero-order chi connectivity index (χ0) is 12.6. The number of amides is 1. The topological polar surface area (TPSA) is 46.3 Å². The molecule has 1 heterocycles. The summed E-state index contributed by atoms with van der Waals surface area (Å²) >= 11 is 0. The molecule has 1 aliphatic rings. The summed E-state index contributed by atoms with van der Waals surface area (Å²) in [4.78, 5) is 13.2. The number of para-hydroxylation sites is 1. The Hall–Kier alpha value is -1.51. The van der Waals surface area contributed by atoms with Gasteiger partial charge in [-0.3, -0.25) is 4.79 Å². The van der Waals surface area contributed by atoms with Crippen molar-refractivity contribution < 1.29 is 4.79 Å². The molecule has 0 radical (unpaired) electrons. The van der Waals surface area contributed by atoms with Crippen LogP contribution in [0.25, 0.3) is 0 Å². The van der Waals surface area contributed by atoms with Crippen LogP contribution in [0.2, 0.25) is 0 Å². The number of hydrogen-bond donors (Lipinski definition) is 1. The van der Waals surface area contributed by atoms with Crippen molar-refractivity contribution in [3.63, 3.8) is 0 Å². The van der Waals surface area contributed by atoms with Gasteiger partial charge in [0.2, 0.25) is 5.91 Å². The maximum atomic E-state index is 10.9. The van der Waals surface area contributed by atoms with E-state index in [1.54, 1.807) is 0 Å². The van der Waals surface area contributed by atoms with Crippen molar-refractivity contribution in [1.29, 1.82) is 0 Å². The lowest BCUT2D eigenvalue weighted by Gasteiger charge is -2.31. The highest BCUT2D eigenvalue weighted by molar-refractivity contribution is 5.75. The maximum Gasteiger partial charge on any atom is 0.219 e. The lowest BCUT2D eigenvalue weighted by atomic mass is 9.81. The van der Waals surface area contributed by atoms with Crippen molar-refractivity contribution >= 4 is 11.6 Å². The van der Waals surface area contributed by atoms with E-state index in [-0.39, 0.29) is 11.3 Å². The molecule has 0 bridgehead atoms. The van der Waals surface area contributed by atoms with E-state index in [0.717, 1.165) is 0 Å². The van der Waals surface area contributed by atoms with E-state index in [0.29, 0.717) is 19.0 Å². The first-order chi connectivity index (χ1) is 7.94. The van der Waals surface area contributed by atoms with Crippen molar-refractivity contribution in [3.8, 4) is 0 Å². The van der Waals surface area contributed by atoms with Crippen molar-refractivity contribution in [3.05, 3.63) is 29.8 Å². The summed E-state index contributed by atoms with van der Waals surface area (Å²) in [5, 5.41) is 0. The normalized spacial score (nSPS) is 21.4. The first-order valence-corrected chi connectivity index (χ1v) is 6.09. The molecule has 2 N–H and O–H groups in total. The standard InChI is InChI=1S/C14H20N2O/c1-10-14(2,3)11-6-4-5-7-12(11)16(10)9-8-13(15)17/h4-7,10H,8-9H2,1-3H3,(H2,15,17)/t10-/m0/s1. The predicted octanol–water partition coefficient (Wildman–Crippen LogP) is 2.05. The van der Waals surface area contributed by atoms with Crippen molar-refractivity contribution in [2.24, 2.45) is 5.73 Å². The summed E-state index contributed by atoms with van der Waals surface area (Å²) < 4.78 is 0. The van der Waals surface area contributed by atoms with Crippen LogP contribution in [-0.2, 0) is 10.2 Å². The first kappa shape index (κ1) is 12.0. The van der Waals surface area contributed by atoms with Crippen LogP contribution in [0.1, 0.15) is 32.8 Å². The zero-order valence-electron chi connectivity index (χ0n) is 10.7. The number of primary amides is 1. The first-order valence-electron chi connectivity index (χ1n) is 6.09. The third-order valence-corrected chi connectivity index (χ3v) is 4.02. The number of carbonyl (C=O) groups excluding carboxylic acids is 1. The van der Waals surface area contributed by atoms with Gasteiger partial charge in [-0.15, -0.1) is 0 Å². The fourth-order valence-electron chi connectivity index (χ4n) is 2.64. The van der Waals surface area contributed by atoms with Gasteiger partial charge in [0.25, 0.3) is 0 Å². The lowest BCUT2D eigenvalue weighted by molar-refractivity contribution is -0.117. The number of carbonyl (C=O) groups is 1. The Morgan fingerprint density at radius 3 is 2.71 bits per heavy atom. The van der Waals surface area contributed by atoms with Crippen LogP contribution in [0.15, 0.2) is 24.3 Å². The molecule has 0 saturated carbocycles. The van der Waals surface area contributed by atoms with Gasteiger partial charge >= 0.3 is 0 Å². The van der Waals surface area contributed by atoms with Crippen LogP contribution in [-0.4, -0.2) is 18.5 Å². The number of anilines is 1. The Labute approximate surface area is 103 Å². The smallest absolute Gasteiger partial charge is 0.219 e. The average Bonchev–Trinajstić information content (AvgIpc) is 2.47. The van der Waals surface area contributed by atoms with Gasteiger partial charge in [-0.2, -0.15) is 0 Å². The van der Waals surface area contributed by atoms with Crippen molar-refractivity contribution in [1.82, 2.24) is 0 Å². The van der Waals surface area contributed by atoms with E-state index in [4.69, 9.17) is 5.73 Å². The predicted molar refractivity (Wildman–Crippen MR) is 70.1 cm³/mol. The number of hydrogen-bond acceptors (Lipinski definition) is 2. The molecule has 0 saturated heterocycles. The Morgan fingerprint density at radius 1 is 1.41 bits per heavy atom. The maximum absolute atomic E-state index is 10.9. The molecule has 0 aliphatic carbocycles. The minimum Gasteiger partial charge on any atom is -0.370 e. The average molecular weight is 232 g/mol. The monoisotopic (exact) mass is 232 g/mol. The van der Waals surface area contributed by atoms with E-state index in [1.165, 1.54) is 11.3 Å². The van der Waals surface area contributed by atoms with Gasteiger partial charge < -0.3 is 10.6 Å². The van der Waals surface area contributed by atoms with Crippen LogP contribution in [0, 0.1) is 0 Å². The second-order valence-electron chi connectivity index (χ2n) is 5.32. The van der Waals surface area contributed by atoms with Gasteiger partial charge in [-0.1, -0.05) is 32.0 Å². The van der Waals surface area contributed by atoms with E-state index in [9.17, 15) is 4.79 Å². The highest BCUT2D eigenvalue weighted by atomic mass is 16.1. The van der Waals surface area contributed by atoms with Gasteiger partial charge in [0, 0.05) is 30.1 Å². The zero-order valence-corrected chi connectivity index (χ0v) is 10.7. The van der Waals surface area contributed by atoms with Crippen LogP contribution in [0.3, 0.4) is 0 Å². The second kappa shape index (κ2) is 4.06. The van der Waals surface area contributed by atoms with Crippen molar-refractivity contribution in [2.45, 2.75) is 38.6 Å². The van der Waals surface area contributed by atoms with Crippen molar-refractivity contribution in [2.75, 3.05) is 11.4 Å². The summed E-state index contributed by atoms with van der Waals surface area (Å²) in [5.41, 5.74) is 7.96. The third-order valence-electron chi connectivity index (χ3n) is 4.02. The highest BCUT2D eigenvalue weighted by Crippen LogP contribution is 2.44. The third kappa shape index (κ3) is 1.90.